The van der Waals surface area contributed by atoms with Gasteiger partial charge in [0.25, 0.3) is 0 Å². The summed E-state index contributed by atoms with van der Waals surface area (Å²) in [5.74, 6) is 1.52. The average molecular weight is 468 g/mol. The van der Waals surface area contributed by atoms with Crippen LogP contribution in [0.25, 0.3) is 0 Å². The molecule has 1 aromatic carbocycles. The van der Waals surface area contributed by atoms with Crippen LogP contribution in [0.5, 0.6) is 0 Å². The van der Waals surface area contributed by atoms with Gasteiger partial charge in [-0.25, -0.2) is 0 Å². The Morgan fingerprint density at radius 1 is 1.32 bits per heavy atom. The van der Waals surface area contributed by atoms with Gasteiger partial charge in [0.1, 0.15) is 0 Å². The lowest BCUT2D eigenvalue weighted by Crippen LogP contribution is -2.38. The van der Waals surface area contributed by atoms with Crippen molar-refractivity contribution in [2.45, 2.75) is 32.5 Å². The van der Waals surface area contributed by atoms with Crippen LogP contribution >= 0.6 is 27.7 Å². The maximum atomic E-state index is 12.4. The maximum absolute atomic E-state index is 12.4. The highest BCUT2D eigenvalue weighted by atomic mass is 79.9. The Morgan fingerprint density at radius 3 is 2.75 bits per heavy atom. The number of carbonyl (C=O) groups excluding carboxylic acids is 1. The molecule has 0 radical (unpaired) electrons. The fourth-order valence-electron chi connectivity index (χ4n) is 2.95. The molecule has 0 spiro atoms. The van der Waals surface area contributed by atoms with Crippen LogP contribution < -0.4 is 10.2 Å². The van der Waals surface area contributed by atoms with Crippen molar-refractivity contribution in [3.8, 4) is 0 Å². The van der Waals surface area contributed by atoms with Crippen molar-refractivity contribution in [2.75, 3.05) is 42.3 Å². The van der Waals surface area contributed by atoms with E-state index in [2.05, 4.69) is 54.8 Å². The van der Waals surface area contributed by atoms with Crippen molar-refractivity contribution >= 4 is 45.2 Å². The summed E-state index contributed by atoms with van der Waals surface area (Å²) >= 11 is 4.91. The number of anilines is 2. The number of morpholine rings is 1. The van der Waals surface area contributed by atoms with E-state index < -0.39 is 0 Å². The van der Waals surface area contributed by atoms with E-state index in [0.717, 1.165) is 46.5 Å². The summed E-state index contributed by atoms with van der Waals surface area (Å²) in [5.41, 5.74) is 1.91. The molecule has 28 heavy (non-hydrogen) atoms. The number of hydrogen-bond acceptors (Lipinski definition) is 6. The summed E-state index contributed by atoms with van der Waals surface area (Å²) in [6, 6.07) is 5.86. The lowest BCUT2D eigenvalue weighted by Gasteiger charge is -2.28. The molecule has 7 nitrogen and oxygen atoms in total. The van der Waals surface area contributed by atoms with Gasteiger partial charge in [-0.2, -0.15) is 0 Å². The number of ether oxygens (including phenoxy) is 1. The van der Waals surface area contributed by atoms with Gasteiger partial charge in [0.15, 0.2) is 5.16 Å². The second kappa shape index (κ2) is 9.76. The minimum Gasteiger partial charge on any atom is -0.378 e. The standard InChI is InChI=1S/C19H26BrN5O2S/c1-13(2)11-25-18(24-6-8-27-9-7-24)22-23-19(25)28-12-17(26)21-16-5-4-14(3)10-15(16)20/h4-5,10,13H,6-9,11-12H2,1-3H3,(H,21,26). The van der Waals surface area contributed by atoms with E-state index >= 15 is 0 Å². The summed E-state index contributed by atoms with van der Waals surface area (Å²) in [4.78, 5) is 14.6. The van der Waals surface area contributed by atoms with Crippen molar-refractivity contribution in [1.29, 1.82) is 0 Å². The van der Waals surface area contributed by atoms with Gasteiger partial charge < -0.3 is 15.0 Å². The third-order valence-electron chi connectivity index (χ3n) is 4.27. The quantitative estimate of drug-likeness (QED) is 0.627. The zero-order valence-corrected chi connectivity index (χ0v) is 18.8. The predicted octanol–water partition coefficient (Wildman–Crippen LogP) is 3.57. The Kier molecular flexibility index (Phi) is 7.36. The summed E-state index contributed by atoms with van der Waals surface area (Å²) in [7, 11) is 0. The third kappa shape index (κ3) is 5.48. The second-order valence-electron chi connectivity index (χ2n) is 7.21. The molecule has 9 heteroatoms. The largest absolute Gasteiger partial charge is 0.378 e. The first kappa shape index (κ1) is 21.1. The van der Waals surface area contributed by atoms with Crippen molar-refractivity contribution in [1.82, 2.24) is 14.8 Å². The van der Waals surface area contributed by atoms with Crippen LogP contribution in [-0.2, 0) is 16.1 Å². The Morgan fingerprint density at radius 2 is 2.07 bits per heavy atom. The first-order chi connectivity index (χ1) is 13.4. The van der Waals surface area contributed by atoms with Crippen molar-refractivity contribution in [2.24, 2.45) is 5.92 Å². The predicted molar refractivity (Wildman–Crippen MR) is 116 cm³/mol. The first-order valence-electron chi connectivity index (χ1n) is 9.38. The van der Waals surface area contributed by atoms with Gasteiger partial charge in [0, 0.05) is 24.1 Å². The van der Waals surface area contributed by atoms with Crippen LogP contribution in [0, 0.1) is 12.8 Å². The number of amides is 1. The molecular weight excluding hydrogens is 442 g/mol. The Balaban J connectivity index is 1.67. The molecule has 1 N–H and O–H groups in total. The number of nitrogens with one attached hydrogen (secondary N) is 1. The van der Waals surface area contributed by atoms with E-state index in [1.807, 2.05) is 25.1 Å². The van der Waals surface area contributed by atoms with Gasteiger partial charge >= 0.3 is 0 Å². The van der Waals surface area contributed by atoms with Crippen LogP contribution in [0.1, 0.15) is 19.4 Å². The number of rotatable bonds is 7. The normalized spacial score (nSPS) is 14.5. The highest BCUT2D eigenvalue weighted by Gasteiger charge is 2.21. The molecular formula is C19H26BrN5O2S. The number of nitrogens with zero attached hydrogens (tertiary/aromatic N) is 4. The monoisotopic (exact) mass is 467 g/mol. The maximum Gasteiger partial charge on any atom is 0.234 e. The highest BCUT2D eigenvalue weighted by molar-refractivity contribution is 9.10. The summed E-state index contributed by atoms with van der Waals surface area (Å²) < 4.78 is 8.44. The van der Waals surface area contributed by atoms with Crippen LogP contribution in [0.4, 0.5) is 11.6 Å². The third-order valence-corrected chi connectivity index (χ3v) is 5.89. The number of hydrogen-bond donors (Lipinski definition) is 1. The Bertz CT molecular complexity index is 821. The minimum atomic E-state index is -0.0680. The number of aryl methyl sites for hydroxylation is 1. The van der Waals surface area contributed by atoms with Gasteiger partial charge in [-0.15, -0.1) is 10.2 Å². The molecule has 2 heterocycles. The van der Waals surface area contributed by atoms with E-state index in [1.165, 1.54) is 11.8 Å². The summed E-state index contributed by atoms with van der Waals surface area (Å²) in [6.07, 6.45) is 0. The molecule has 1 fully saturated rings. The lowest BCUT2D eigenvalue weighted by atomic mass is 10.2. The fourth-order valence-corrected chi connectivity index (χ4v) is 4.28. The first-order valence-corrected chi connectivity index (χ1v) is 11.2. The zero-order valence-electron chi connectivity index (χ0n) is 16.4. The molecule has 1 aromatic heterocycles. The van der Waals surface area contributed by atoms with E-state index in [0.29, 0.717) is 19.1 Å². The van der Waals surface area contributed by atoms with E-state index in [1.54, 1.807) is 0 Å². The molecule has 1 aliphatic rings. The summed E-state index contributed by atoms with van der Waals surface area (Å²) in [5, 5.41) is 12.5. The molecule has 1 aliphatic heterocycles. The Labute approximate surface area is 178 Å². The van der Waals surface area contributed by atoms with E-state index in [-0.39, 0.29) is 11.7 Å². The van der Waals surface area contributed by atoms with Gasteiger partial charge in [-0.1, -0.05) is 31.7 Å². The molecule has 1 saturated heterocycles. The molecule has 3 rings (SSSR count). The molecule has 2 aromatic rings. The lowest BCUT2D eigenvalue weighted by molar-refractivity contribution is -0.113. The van der Waals surface area contributed by atoms with Crippen LogP contribution in [0.15, 0.2) is 27.8 Å². The molecule has 0 atom stereocenters. The number of carbonyl (C=O) groups is 1. The van der Waals surface area contributed by atoms with E-state index in [9.17, 15) is 4.79 Å². The second-order valence-corrected chi connectivity index (χ2v) is 9.00. The average Bonchev–Trinajstić information content (AvgIpc) is 3.05. The van der Waals surface area contributed by atoms with Crippen LogP contribution in [-0.4, -0.2) is 52.7 Å². The van der Waals surface area contributed by atoms with Crippen LogP contribution in [0.2, 0.25) is 0 Å². The number of halogens is 1. The summed E-state index contributed by atoms with van der Waals surface area (Å²) in [6.45, 7) is 10.2. The van der Waals surface area contributed by atoms with Crippen molar-refractivity contribution < 1.29 is 9.53 Å². The molecule has 0 unspecified atom stereocenters. The SMILES string of the molecule is Cc1ccc(NC(=O)CSc2nnc(N3CCOCC3)n2CC(C)C)c(Br)c1. The number of aromatic nitrogens is 3. The van der Waals surface area contributed by atoms with Gasteiger partial charge in [0.05, 0.1) is 24.7 Å². The number of thioether (sulfide) groups is 1. The molecule has 0 aliphatic carbocycles. The Hall–Kier alpha value is -1.58. The fraction of sp³-hybridized carbons (Fsp3) is 0.526. The molecule has 0 bridgehead atoms. The van der Waals surface area contributed by atoms with Crippen molar-refractivity contribution in [3.05, 3.63) is 28.2 Å². The van der Waals surface area contributed by atoms with E-state index in [4.69, 9.17) is 4.74 Å². The smallest absolute Gasteiger partial charge is 0.234 e. The molecule has 152 valence electrons. The molecule has 0 saturated carbocycles. The van der Waals surface area contributed by atoms with Crippen molar-refractivity contribution in [3.63, 3.8) is 0 Å². The van der Waals surface area contributed by atoms with Gasteiger partial charge in [-0.3, -0.25) is 9.36 Å². The van der Waals surface area contributed by atoms with Crippen LogP contribution in [0.3, 0.4) is 0 Å². The highest BCUT2D eigenvalue weighted by Crippen LogP contribution is 2.26. The topological polar surface area (TPSA) is 72.3 Å². The molecule has 1 amide bonds. The van der Waals surface area contributed by atoms with Gasteiger partial charge in [-0.05, 0) is 46.5 Å². The minimum absolute atomic E-state index is 0.0680. The zero-order chi connectivity index (χ0) is 20.1. The van der Waals surface area contributed by atoms with Gasteiger partial charge in [0.2, 0.25) is 11.9 Å². The number of benzene rings is 1.